The number of hydrogen-bond donors (Lipinski definition) is 1. The van der Waals surface area contributed by atoms with Crippen molar-refractivity contribution in [2.45, 2.75) is 13.5 Å². The second kappa shape index (κ2) is 7.21. The molecule has 0 saturated carbocycles. The predicted molar refractivity (Wildman–Crippen MR) is 97.2 cm³/mol. The Labute approximate surface area is 146 Å². The van der Waals surface area contributed by atoms with E-state index in [1.807, 2.05) is 55.5 Å². The standard InChI is InChI=1S/C20H20N2O3/c1-13-18(10-15-7-8-17(25-3)11-19(15)22-13)20(23)21-12-14-5-4-6-16(9-14)24-2/h4-11H,12H2,1-3H3,(H,21,23). The van der Waals surface area contributed by atoms with E-state index < -0.39 is 0 Å². The summed E-state index contributed by atoms with van der Waals surface area (Å²) in [6.07, 6.45) is 0. The zero-order valence-electron chi connectivity index (χ0n) is 14.5. The van der Waals surface area contributed by atoms with Crippen LogP contribution in [0.4, 0.5) is 0 Å². The first-order valence-electron chi connectivity index (χ1n) is 7.97. The average molecular weight is 336 g/mol. The maximum absolute atomic E-state index is 12.6. The lowest BCUT2D eigenvalue weighted by Crippen LogP contribution is -2.24. The summed E-state index contributed by atoms with van der Waals surface area (Å²) >= 11 is 0. The fourth-order valence-electron chi connectivity index (χ4n) is 2.66. The Balaban J connectivity index is 1.80. The van der Waals surface area contributed by atoms with Crippen molar-refractivity contribution in [2.75, 3.05) is 14.2 Å². The summed E-state index contributed by atoms with van der Waals surface area (Å²) < 4.78 is 10.4. The molecule has 1 heterocycles. The fourth-order valence-corrected chi connectivity index (χ4v) is 2.66. The van der Waals surface area contributed by atoms with Crippen molar-refractivity contribution >= 4 is 16.8 Å². The maximum atomic E-state index is 12.6. The molecule has 0 saturated heterocycles. The molecule has 5 heteroatoms. The van der Waals surface area contributed by atoms with Crippen molar-refractivity contribution in [3.8, 4) is 11.5 Å². The van der Waals surface area contributed by atoms with Gasteiger partial charge < -0.3 is 14.8 Å². The van der Waals surface area contributed by atoms with Crippen LogP contribution in [0.3, 0.4) is 0 Å². The number of aryl methyl sites for hydroxylation is 1. The molecule has 0 aliphatic carbocycles. The molecule has 0 radical (unpaired) electrons. The summed E-state index contributed by atoms with van der Waals surface area (Å²) in [6.45, 7) is 2.26. The third-order valence-corrected chi connectivity index (χ3v) is 4.05. The summed E-state index contributed by atoms with van der Waals surface area (Å²) in [5, 5.41) is 3.84. The SMILES string of the molecule is COc1cccc(CNC(=O)c2cc3ccc(OC)cc3nc2C)c1. The van der Waals surface area contributed by atoms with Crippen LogP contribution in [0.1, 0.15) is 21.6 Å². The zero-order valence-corrected chi connectivity index (χ0v) is 14.5. The Hall–Kier alpha value is -3.08. The van der Waals surface area contributed by atoms with Crippen LogP contribution < -0.4 is 14.8 Å². The van der Waals surface area contributed by atoms with Crippen LogP contribution in [0, 0.1) is 6.92 Å². The smallest absolute Gasteiger partial charge is 0.253 e. The minimum atomic E-state index is -0.148. The Morgan fingerprint density at radius 3 is 2.56 bits per heavy atom. The Kier molecular flexibility index (Phi) is 4.84. The quantitative estimate of drug-likeness (QED) is 0.775. The zero-order chi connectivity index (χ0) is 17.8. The molecule has 25 heavy (non-hydrogen) atoms. The predicted octanol–water partition coefficient (Wildman–Crippen LogP) is 3.49. The van der Waals surface area contributed by atoms with E-state index >= 15 is 0 Å². The molecule has 0 atom stereocenters. The number of benzene rings is 2. The van der Waals surface area contributed by atoms with Gasteiger partial charge in [-0.2, -0.15) is 0 Å². The number of fused-ring (bicyclic) bond motifs is 1. The molecular formula is C20H20N2O3. The van der Waals surface area contributed by atoms with Crippen molar-refractivity contribution in [1.82, 2.24) is 10.3 Å². The van der Waals surface area contributed by atoms with Crippen LogP contribution in [0.25, 0.3) is 10.9 Å². The van der Waals surface area contributed by atoms with Gasteiger partial charge in [0.05, 0.1) is 31.0 Å². The molecule has 0 unspecified atom stereocenters. The van der Waals surface area contributed by atoms with Gasteiger partial charge in [-0.05, 0) is 42.8 Å². The largest absolute Gasteiger partial charge is 0.497 e. The fraction of sp³-hybridized carbons (Fsp3) is 0.200. The van der Waals surface area contributed by atoms with Crippen molar-refractivity contribution in [2.24, 2.45) is 0 Å². The molecule has 3 rings (SSSR count). The molecule has 0 aliphatic heterocycles. The number of aromatic nitrogens is 1. The van der Waals surface area contributed by atoms with Gasteiger partial charge in [-0.1, -0.05) is 12.1 Å². The molecule has 0 bridgehead atoms. The van der Waals surface area contributed by atoms with Gasteiger partial charge in [0.25, 0.3) is 5.91 Å². The molecule has 2 aromatic carbocycles. The van der Waals surface area contributed by atoms with Crippen LogP contribution in [0.2, 0.25) is 0 Å². The van der Waals surface area contributed by atoms with Crippen molar-refractivity contribution in [1.29, 1.82) is 0 Å². The molecule has 3 aromatic rings. The normalized spacial score (nSPS) is 10.5. The van der Waals surface area contributed by atoms with Crippen molar-refractivity contribution < 1.29 is 14.3 Å². The highest BCUT2D eigenvalue weighted by molar-refractivity contribution is 5.98. The van der Waals surface area contributed by atoms with Crippen molar-refractivity contribution in [3.05, 3.63) is 65.4 Å². The maximum Gasteiger partial charge on any atom is 0.253 e. The number of nitrogens with one attached hydrogen (secondary N) is 1. The lowest BCUT2D eigenvalue weighted by atomic mass is 10.1. The van der Waals surface area contributed by atoms with E-state index in [9.17, 15) is 4.79 Å². The van der Waals surface area contributed by atoms with Gasteiger partial charge >= 0.3 is 0 Å². The molecule has 0 fully saturated rings. The second-order valence-corrected chi connectivity index (χ2v) is 5.71. The first kappa shape index (κ1) is 16.8. The number of pyridine rings is 1. The van der Waals surface area contributed by atoms with Crippen LogP contribution >= 0.6 is 0 Å². The van der Waals surface area contributed by atoms with E-state index in [0.29, 0.717) is 17.8 Å². The van der Waals surface area contributed by atoms with Crippen LogP contribution in [-0.4, -0.2) is 25.1 Å². The van der Waals surface area contributed by atoms with Crippen LogP contribution in [-0.2, 0) is 6.54 Å². The Morgan fingerprint density at radius 2 is 1.80 bits per heavy atom. The summed E-state index contributed by atoms with van der Waals surface area (Å²) in [4.78, 5) is 17.1. The Bertz CT molecular complexity index is 922. The average Bonchev–Trinajstić information content (AvgIpc) is 2.65. The van der Waals surface area contributed by atoms with E-state index in [0.717, 1.165) is 28.0 Å². The first-order chi connectivity index (χ1) is 12.1. The first-order valence-corrected chi connectivity index (χ1v) is 7.97. The van der Waals surface area contributed by atoms with E-state index in [4.69, 9.17) is 9.47 Å². The molecule has 1 N–H and O–H groups in total. The van der Waals surface area contributed by atoms with Crippen LogP contribution in [0.15, 0.2) is 48.5 Å². The van der Waals surface area contributed by atoms with Gasteiger partial charge in [-0.3, -0.25) is 9.78 Å². The highest BCUT2D eigenvalue weighted by Crippen LogP contribution is 2.22. The van der Waals surface area contributed by atoms with Crippen molar-refractivity contribution in [3.63, 3.8) is 0 Å². The van der Waals surface area contributed by atoms with Gasteiger partial charge in [0, 0.05) is 18.0 Å². The third-order valence-electron chi connectivity index (χ3n) is 4.05. The number of amides is 1. The van der Waals surface area contributed by atoms with Gasteiger partial charge in [-0.25, -0.2) is 0 Å². The highest BCUT2D eigenvalue weighted by atomic mass is 16.5. The van der Waals surface area contributed by atoms with Crippen LogP contribution in [0.5, 0.6) is 11.5 Å². The molecular weight excluding hydrogens is 316 g/mol. The van der Waals surface area contributed by atoms with E-state index in [-0.39, 0.29) is 5.91 Å². The summed E-state index contributed by atoms with van der Waals surface area (Å²) in [5.41, 5.74) is 3.04. The molecule has 0 spiro atoms. The van der Waals surface area contributed by atoms with Gasteiger partial charge in [0.15, 0.2) is 0 Å². The number of methoxy groups -OCH3 is 2. The number of rotatable bonds is 5. The van der Waals surface area contributed by atoms with Gasteiger partial charge in [-0.15, -0.1) is 0 Å². The van der Waals surface area contributed by atoms with E-state index in [1.54, 1.807) is 14.2 Å². The summed E-state index contributed by atoms with van der Waals surface area (Å²) in [5.74, 6) is 1.37. The second-order valence-electron chi connectivity index (χ2n) is 5.71. The minimum Gasteiger partial charge on any atom is -0.497 e. The minimum absolute atomic E-state index is 0.148. The number of hydrogen-bond acceptors (Lipinski definition) is 4. The lowest BCUT2D eigenvalue weighted by molar-refractivity contribution is 0.0950. The Morgan fingerprint density at radius 1 is 1.04 bits per heavy atom. The van der Waals surface area contributed by atoms with Gasteiger partial charge in [0.2, 0.25) is 0 Å². The number of ether oxygens (including phenoxy) is 2. The molecule has 128 valence electrons. The summed E-state index contributed by atoms with van der Waals surface area (Å²) in [6, 6.07) is 15.1. The van der Waals surface area contributed by atoms with Gasteiger partial charge in [0.1, 0.15) is 11.5 Å². The third kappa shape index (κ3) is 3.71. The summed E-state index contributed by atoms with van der Waals surface area (Å²) in [7, 11) is 3.24. The highest BCUT2D eigenvalue weighted by Gasteiger charge is 2.12. The number of carbonyl (C=O) groups excluding carboxylic acids is 1. The molecule has 5 nitrogen and oxygen atoms in total. The molecule has 1 amide bonds. The number of carbonyl (C=O) groups is 1. The molecule has 0 aliphatic rings. The van der Waals surface area contributed by atoms with E-state index in [1.165, 1.54) is 0 Å². The molecule has 1 aromatic heterocycles. The monoisotopic (exact) mass is 336 g/mol. The van der Waals surface area contributed by atoms with E-state index in [2.05, 4.69) is 10.3 Å². The topological polar surface area (TPSA) is 60.5 Å². The lowest BCUT2D eigenvalue weighted by Gasteiger charge is -2.10. The number of nitrogens with zero attached hydrogens (tertiary/aromatic N) is 1.